The molecule has 148 valence electrons. The molecular weight excluding hydrogens is 400 g/mol. The highest BCUT2D eigenvalue weighted by atomic mass is 32.2. The van der Waals surface area contributed by atoms with Crippen LogP contribution in [0.3, 0.4) is 0 Å². The molecular formula is C19H20N2O5S2. The maximum Gasteiger partial charge on any atom is 0.252 e. The van der Waals surface area contributed by atoms with E-state index in [1.165, 1.54) is 0 Å². The van der Waals surface area contributed by atoms with Gasteiger partial charge in [0, 0.05) is 23.1 Å². The minimum Gasteiger partial charge on any atom is -0.365 e. The minimum absolute atomic E-state index is 0.139. The SMILES string of the molecule is Cc1onc(CCOCNS(=O)(=O)c2sccc2-c2ccc(C=O)cc2)c1C. The van der Waals surface area contributed by atoms with Crippen LogP contribution in [0.4, 0.5) is 0 Å². The molecule has 0 bridgehead atoms. The highest BCUT2D eigenvalue weighted by molar-refractivity contribution is 7.91. The molecule has 0 saturated heterocycles. The van der Waals surface area contributed by atoms with Gasteiger partial charge in [0.1, 0.15) is 23.0 Å². The van der Waals surface area contributed by atoms with Crippen molar-refractivity contribution in [3.8, 4) is 11.1 Å². The molecule has 7 nitrogen and oxygen atoms in total. The van der Waals surface area contributed by atoms with Crippen LogP contribution in [0.1, 0.15) is 27.4 Å². The molecule has 0 atom stereocenters. The normalized spacial score (nSPS) is 11.6. The fourth-order valence-corrected chi connectivity index (χ4v) is 4.92. The van der Waals surface area contributed by atoms with Gasteiger partial charge >= 0.3 is 0 Å². The number of hydrogen-bond acceptors (Lipinski definition) is 7. The lowest BCUT2D eigenvalue weighted by Crippen LogP contribution is -2.26. The van der Waals surface area contributed by atoms with E-state index in [-0.39, 0.29) is 10.9 Å². The Kier molecular flexibility index (Phi) is 6.40. The average molecular weight is 421 g/mol. The number of thiophene rings is 1. The van der Waals surface area contributed by atoms with Crippen LogP contribution in [0.2, 0.25) is 0 Å². The number of nitrogens with one attached hydrogen (secondary N) is 1. The summed E-state index contributed by atoms with van der Waals surface area (Å²) in [6.07, 6.45) is 1.29. The first-order chi connectivity index (χ1) is 13.4. The van der Waals surface area contributed by atoms with Gasteiger partial charge in [0.15, 0.2) is 0 Å². The van der Waals surface area contributed by atoms with Crippen LogP contribution in [-0.2, 0) is 21.2 Å². The Hall–Kier alpha value is -2.33. The second-order valence-corrected chi connectivity index (χ2v) is 9.00. The van der Waals surface area contributed by atoms with Crippen molar-refractivity contribution < 1.29 is 22.5 Å². The van der Waals surface area contributed by atoms with E-state index in [0.29, 0.717) is 24.2 Å². The molecule has 3 aromatic rings. The van der Waals surface area contributed by atoms with E-state index in [1.807, 2.05) is 13.8 Å². The molecule has 0 radical (unpaired) electrons. The maximum atomic E-state index is 12.6. The second-order valence-electron chi connectivity index (χ2n) is 6.12. The number of carbonyl (C=O) groups excluding carboxylic acids is 1. The third-order valence-electron chi connectivity index (χ3n) is 4.32. The molecule has 2 heterocycles. The molecule has 0 fully saturated rings. The third kappa shape index (κ3) is 4.56. The summed E-state index contributed by atoms with van der Waals surface area (Å²) < 4.78 is 38.4. The Bertz CT molecular complexity index is 1050. The lowest BCUT2D eigenvalue weighted by atomic mass is 10.1. The first-order valence-corrected chi connectivity index (χ1v) is 10.9. The van der Waals surface area contributed by atoms with E-state index in [9.17, 15) is 13.2 Å². The van der Waals surface area contributed by atoms with E-state index in [0.717, 1.165) is 40.2 Å². The first-order valence-electron chi connectivity index (χ1n) is 8.54. The minimum atomic E-state index is -3.72. The number of aldehydes is 1. The highest BCUT2D eigenvalue weighted by Crippen LogP contribution is 2.32. The summed E-state index contributed by atoms with van der Waals surface area (Å²) in [4.78, 5) is 10.8. The lowest BCUT2D eigenvalue weighted by molar-refractivity contribution is 0.112. The van der Waals surface area contributed by atoms with Crippen molar-refractivity contribution in [1.82, 2.24) is 9.88 Å². The van der Waals surface area contributed by atoms with Crippen LogP contribution < -0.4 is 4.72 Å². The number of benzene rings is 1. The molecule has 0 amide bonds. The van der Waals surface area contributed by atoms with E-state index in [1.54, 1.807) is 35.7 Å². The Balaban J connectivity index is 1.59. The second kappa shape index (κ2) is 8.78. The monoisotopic (exact) mass is 420 g/mol. The summed E-state index contributed by atoms with van der Waals surface area (Å²) in [6.45, 7) is 3.94. The van der Waals surface area contributed by atoms with Crippen molar-refractivity contribution in [3.05, 3.63) is 58.3 Å². The molecule has 1 aromatic carbocycles. The van der Waals surface area contributed by atoms with Gasteiger partial charge in [-0.2, -0.15) is 4.72 Å². The number of hydrogen-bond donors (Lipinski definition) is 1. The molecule has 0 saturated carbocycles. The number of aryl methyl sites for hydroxylation is 1. The van der Waals surface area contributed by atoms with E-state index in [4.69, 9.17) is 9.26 Å². The van der Waals surface area contributed by atoms with Gasteiger partial charge in [-0.3, -0.25) is 4.79 Å². The summed E-state index contributed by atoms with van der Waals surface area (Å²) in [7, 11) is -3.72. The van der Waals surface area contributed by atoms with Crippen molar-refractivity contribution in [2.24, 2.45) is 0 Å². The number of sulfonamides is 1. The number of ether oxygens (including phenoxy) is 1. The van der Waals surface area contributed by atoms with Crippen LogP contribution in [0.25, 0.3) is 11.1 Å². The zero-order valence-electron chi connectivity index (χ0n) is 15.5. The summed E-state index contributed by atoms with van der Waals surface area (Å²) in [6, 6.07) is 8.50. The number of aromatic nitrogens is 1. The smallest absolute Gasteiger partial charge is 0.252 e. The molecule has 1 N–H and O–H groups in total. The summed E-state index contributed by atoms with van der Waals surface area (Å²) in [5.41, 5.74) is 3.63. The number of nitrogens with zero attached hydrogens (tertiary/aromatic N) is 1. The topological polar surface area (TPSA) is 98.5 Å². The van der Waals surface area contributed by atoms with E-state index < -0.39 is 10.0 Å². The molecule has 28 heavy (non-hydrogen) atoms. The van der Waals surface area contributed by atoms with Gasteiger partial charge in [-0.05, 0) is 30.9 Å². The Morgan fingerprint density at radius 3 is 2.61 bits per heavy atom. The molecule has 0 aliphatic carbocycles. The van der Waals surface area contributed by atoms with Crippen LogP contribution in [0, 0.1) is 13.8 Å². The first kappa shape index (κ1) is 20.4. The maximum absolute atomic E-state index is 12.6. The molecule has 0 aliphatic rings. The summed E-state index contributed by atoms with van der Waals surface area (Å²) in [5, 5.41) is 5.66. The standard InChI is InChI=1S/C19H20N2O5S2/c1-13-14(2)26-21-18(13)7-9-25-12-20-28(23,24)19-17(8-10-27-19)16-5-3-15(11-22)4-6-16/h3-6,8,10-11,20H,7,9,12H2,1-2H3. The van der Waals surface area contributed by atoms with E-state index >= 15 is 0 Å². The number of carbonyl (C=O) groups is 1. The van der Waals surface area contributed by atoms with Gasteiger partial charge in [-0.15, -0.1) is 11.3 Å². The fraction of sp³-hybridized carbons (Fsp3) is 0.263. The molecule has 0 aliphatic heterocycles. The van der Waals surface area contributed by atoms with Crippen molar-refractivity contribution in [2.75, 3.05) is 13.3 Å². The largest absolute Gasteiger partial charge is 0.365 e. The summed E-state index contributed by atoms with van der Waals surface area (Å²) in [5.74, 6) is 0.766. The Morgan fingerprint density at radius 2 is 1.96 bits per heavy atom. The lowest BCUT2D eigenvalue weighted by Gasteiger charge is -2.08. The van der Waals surface area contributed by atoms with Crippen LogP contribution >= 0.6 is 11.3 Å². The summed E-state index contributed by atoms with van der Waals surface area (Å²) >= 11 is 1.13. The van der Waals surface area contributed by atoms with Crippen LogP contribution in [0.5, 0.6) is 0 Å². The predicted molar refractivity (Wildman–Crippen MR) is 106 cm³/mol. The Labute approximate surface area is 167 Å². The van der Waals surface area contributed by atoms with Gasteiger partial charge < -0.3 is 9.26 Å². The van der Waals surface area contributed by atoms with Crippen molar-refractivity contribution >= 4 is 27.6 Å². The van der Waals surface area contributed by atoms with Crippen LogP contribution in [-0.4, -0.2) is 33.2 Å². The van der Waals surface area contributed by atoms with Crippen molar-refractivity contribution in [2.45, 2.75) is 24.5 Å². The number of rotatable bonds is 9. The van der Waals surface area contributed by atoms with Gasteiger partial charge in [0.25, 0.3) is 10.0 Å². The van der Waals surface area contributed by atoms with Gasteiger partial charge in [0.2, 0.25) is 0 Å². The third-order valence-corrected chi connectivity index (χ3v) is 7.18. The average Bonchev–Trinajstić information content (AvgIpc) is 3.31. The molecule has 0 spiro atoms. The quantitative estimate of drug-likeness (QED) is 0.324. The fourth-order valence-electron chi connectivity index (χ4n) is 2.58. The van der Waals surface area contributed by atoms with Crippen molar-refractivity contribution in [3.63, 3.8) is 0 Å². The molecule has 2 aromatic heterocycles. The zero-order chi connectivity index (χ0) is 20.1. The zero-order valence-corrected chi connectivity index (χ0v) is 17.1. The molecule has 3 rings (SSSR count). The predicted octanol–water partition coefficient (Wildman–Crippen LogP) is 3.33. The van der Waals surface area contributed by atoms with E-state index in [2.05, 4.69) is 9.88 Å². The van der Waals surface area contributed by atoms with Gasteiger partial charge in [-0.25, -0.2) is 8.42 Å². The Morgan fingerprint density at radius 1 is 1.21 bits per heavy atom. The van der Waals surface area contributed by atoms with Crippen LogP contribution in [0.15, 0.2) is 44.4 Å². The van der Waals surface area contributed by atoms with Gasteiger partial charge in [0.05, 0.1) is 12.3 Å². The molecule has 0 unspecified atom stereocenters. The highest BCUT2D eigenvalue weighted by Gasteiger charge is 2.21. The van der Waals surface area contributed by atoms with Gasteiger partial charge in [-0.1, -0.05) is 29.4 Å². The molecule has 9 heteroatoms. The van der Waals surface area contributed by atoms with Crippen molar-refractivity contribution in [1.29, 1.82) is 0 Å².